The van der Waals surface area contributed by atoms with Gasteiger partial charge in [-0.05, 0) is 18.2 Å². The van der Waals surface area contributed by atoms with Gasteiger partial charge in [-0.3, -0.25) is 4.79 Å². The first kappa shape index (κ1) is 10.9. The Hall–Kier alpha value is -2.63. The molecule has 1 aromatic heterocycles. The Kier molecular flexibility index (Phi) is 2.87. The molecule has 0 atom stereocenters. The summed E-state index contributed by atoms with van der Waals surface area (Å²) in [6.07, 6.45) is 0. The molecule has 0 unspecified atom stereocenters. The number of carbonyl (C=O) groups is 1. The Morgan fingerprint density at radius 2 is 2.12 bits per heavy atom. The van der Waals surface area contributed by atoms with Gasteiger partial charge in [-0.25, -0.2) is 9.89 Å². The molecule has 0 aliphatic heterocycles. The lowest BCUT2D eigenvalue weighted by Crippen LogP contribution is -2.05. The van der Waals surface area contributed by atoms with Crippen LogP contribution < -0.4 is 10.3 Å². The second-order valence-corrected chi connectivity index (χ2v) is 3.19. The van der Waals surface area contributed by atoms with E-state index >= 15 is 0 Å². The van der Waals surface area contributed by atoms with Gasteiger partial charge in [0.25, 0.3) is 5.56 Å². The third-order valence-electron chi connectivity index (χ3n) is 1.96. The molecular formula is C11H8N2O4. The molecule has 0 spiro atoms. The van der Waals surface area contributed by atoms with Crippen molar-refractivity contribution in [3.63, 3.8) is 0 Å². The highest BCUT2D eigenvalue weighted by Crippen LogP contribution is 2.19. The number of benzene rings is 1. The molecule has 1 aromatic carbocycles. The van der Waals surface area contributed by atoms with Gasteiger partial charge in [-0.2, -0.15) is 0 Å². The highest BCUT2D eigenvalue weighted by Gasteiger charge is 2.05. The van der Waals surface area contributed by atoms with E-state index in [1.54, 1.807) is 12.1 Å². The first-order valence-electron chi connectivity index (χ1n) is 4.72. The summed E-state index contributed by atoms with van der Waals surface area (Å²) in [7, 11) is 0. The van der Waals surface area contributed by atoms with E-state index in [1.807, 2.05) is 0 Å². The summed E-state index contributed by atoms with van der Waals surface area (Å²) in [5.74, 6) is -0.513. The minimum Gasteiger partial charge on any atom is -0.478 e. The van der Waals surface area contributed by atoms with E-state index in [0.29, 0.717) is 5.75 Å². The molecule has 0 radical (unpaired) electrons. The van der Waals surface area contributed by atoms with Crippen LogP contribution in [0.2, 0.25) is 0 Å². The van der Waals surface area contributed by atoms with Crippen LogP contribution in [-0.2, 0) is 0 Å². The number of carboxylic acid groups (broad SMARTS) is 1. The van der Waals surface area contributed by atoms with Gasteiger partial charge in [-0.15, -0.1) is 5.10 Å². The smallest absolute Gasteiger partial charge is 0.335 e. The van der Waals surface area contributed by atoms with Crippen molar-refractivity contribution in [3.05, 3.63) is 52.3 Å². The lowest BCUT2D eigenvalue weighted by atomic mass is 10.2. The zero-order valence-corrected chi connectivity index (χ0v) is 8.58. The summed E-state index contributed by atoms with van der Waals surface area (Å²) in [6, 6.07) is 8.64. The summed E-state index contributed by atoms with van der Waals surface area (Å²) in [5, 5.41) is 14.6. The lowest BCUT2D eigenvalue weighted by Gasteiger charge is -2.04. The van der Waals surface area contributed by atoms with E-state index in [9.17, 15) is 9.59 Å². The highest BCUT2D eigenvalue weighted by atomic mass is 16.5. The Labute approximate surface area is 95.5 Å². The number of hydrogen-bond donors (Lipinski definition) is 2. The van der Waals surface area contributed by atoms with Crippen LogP contribution in [0.4, 0.5) is 0 Å². The Morgan fingerprint density at radius 3 is 2.76 bits per heavy atom. The lowest BCUT2D eigenvalue weighted by molar-refractivity contribution is 0.0696. The van der Waals surface area contributed by atoms with Crippen LogP contribution in [0.25, 0.3) is 0 Å². The van der Waals surface area contributed by atoms with Crippen molar-refractivity contribution in [2.45, 2.75) is 0 Å². The fourth-order valence-corrected chi connectivity index (χ4v) is 1.20. The minimum absolute atomic E-state index is 0.118. The molecule has 2 N–H and O–H groups in total. The largest absolute Gasteiger partial charge is 0.478 e. The van der Waals surface area contributed by atoms with E-state index < -0.39 is 5.97 Å². The van der Waals surface area contributed by atoms with Gasteiger partial charge in [0, 0.05) is 12.1 Å². The number of aromatic nitrogens is 2. The number of carboxylic acids is 1. The standard InChI is InChI=1S/C11H8N2O4/c14-9-4-5-10(13-12-9)17-8-3-1-2-7(6-8)11(15)16/h1-6H,(H,12,14)(H,15,16). The molecule has 0 saturated carbocycles. The van der Waals surface area contributed by atoms with Crippen LogP contribution in [0.15, 0.2) is 41.2 Å². The number of ether oxygens (including phenoxy) is 1. The van der Waals surface area contributed by atoms with Crippen molar-refractivity contribution in [1.29, 1.82) is 0 Å². The summed E-state index contributed by atoms with van der Waals surface area (Å²) < 4.78 is 5.28. The molecule has 0 aliphatic carbocycles. The number of nitrogens with one attached hydrogen (secondary N) is 1. The zero-order chi connectivity index (χ0) is 12.3. The number of rotatable bonds is 3. The quantitative estimate of drug-likeness (QED) is 0.831. The normalized spacial score (nSPS) is 9.88. The van der Waals surface area contributed by atoms with E-state index in [-0.39, 0.29) is 17.0 Å². The van der Waals surface area contributed by atoms with Crippen molar-refractivity contribution in [2.75, 3.05) is 0 Å². The van der Waals surface area contributed by atoms with Crippen LogP contribution in [0.1, 0.15) is 10.4 Å². The van der Waals surface area contributed by atoms with Crippen LogP contribution >= 0.6 is 0 Å². The molecule has 1 heterocycles. The van der Waals surface area contributed by atoms with Crippen LogP contribution in [0, 0.1) is 0 Å². The molecule has 0 bridgehead atoms. The fraction of sp³-hybridized carbons (Fsp3) is 0. The molecule has 0 saturated heterocycles. The Bertz CT molecular complexity index is 586. The summed E-state index contributed by atoms with van der Waals surface area (Å²) >= 11 is 0. The minimum atomic E-state index is -1.04. The predicted octanol–water partition coefficient (Wildman–Crippen LogP) is 1.26. The maximum absolute atomic E-state index is 10.8. The summed E-state index contributed by atoms with van der Waals surface area (Å²) in [4.78, 5) is 21.5. The first-order chi connectivity index (χ1) is 8.15. The molecule has 2 rings (SSSR count). The van der Waals surface area contributed by atoms with Gasteiger partial charge in [-0.1, -0.05) is 6.07 Å². The monoisotopic (exact) mass is 232 g/mol. The number of H-pyrrole nitrogens is 1. The molecule has 6 heteroatoms. The van der Waals surface area contributed by atoms with E-state index in [2.05, 4.69) is 10.2 Å². The molecule has 2 aromatic rings. The van der Waals surface area contributed by atoms with Crippen LogP contribution in [0.5, 0.6) is 11.6 Å². The second-order valence-electron chi connectivity index (χ2n) is 3.19. The molecule has 0 fully saturated rings. The maximum Gasteiger partial charge on any atom is 0.335 e. The third kappa shape index (κ3) is 2.69. The predicted molar refractivity (Wildman–Crippen MR) is 58.3 cm³/mol. The number of aromatic amines is 1. The maximum atomic E-state index is 10.8. The van der Waals surface area contributed by atoms with Gasteiger partial charge in [0.2, 0.25) is 5.88 Å². The van der Waals surface area contributed by atoms with E-state index in [4.69, 9.17) is 9.84 Å². The van der Waals surface area contributed by atoms with Crippen molar-refractivity contribution in [3.8, 4) is 11.6 Å². The number of aromatic carboxylic acids is 1. The highest BCUT2D eigenvalue weighted by molar-refractivity contribution is 5.88. The van der Waals surface area contributed by atoms with Gasteiger partial charge in [0.15, 0.2) is 0 Å². The zero-order valence-electron chi connectivity index (χ0n) is 8.58. The van der Waals surface area contributed by atoms with Gasteiger partial charge in [0.05, 0.1) is 5.56 Å². The SMILES string of the molecule is O=C(O)c1cccc(Oc2ccc(=O)[nH]n2)c1. The summed E-state index contributed by atoms with van der Waals surface area (Å²) in [6.45, 7) is 0. The molecule has 0 amide bonds. The van der Waals surface area contributed by atoms with Crippen LogP contribution in [0.3, 0.4) is 0 Å². The molecule has 6 nitrogen and oxygen atoms in total. The average Bonchev–Trinajstić information content (AvgIpc) is 2.32. The number of hydrogen-bond acceptors (Lipinski definition) is 4. The van der Waals surface area contributed by atoms with Crippen LogP contribution in [-0.4, -0.2) is 21.3 Å². The van der Waals surface area contributed by atoms with E-state index in [0.717, 1.165) is 0 Å². The molecule has 86 valence electrons. The van der Waals surface area contributed by atoms with Gasteiger partial charge < -0.3 is 9.84 Å². The molecule has 17 heavy (non-hydrogen) atoms. The average molecular weight is 232 g/mol. The molecular weight excluding hydrogens is 224 g/mol. The number of nitrogens with zero attached hydrogens (tertiary/aromatic N) is 1. The van der Waals surface area contributed by atoms with E-state index in [1.165, 1.54) is 24.3 Å². The topological polar surface area (TPSA) is 92.3 Å². The molecule has 0 aliphatic rings. The van der Waals surface area contributed by atoms with Gasteiger partial charge in [0.1, 0.15) is 5.75 Å². The van der Waals surface area contributed by atoms with Crippen molar-refractivity contribution < 1.29 is 14.6 Å². The van der Waals surface area contributed by atoms with Crippen molar-refractivity contribution >= 4 is 5.97 Å². The van der Waals surface area contributed by atoms with Crippen molar-refractivity contribution in [2.24, 2.45) is 0 Å². The van der Waals surface area contributed by atoms with Gasteiger partial charge >= 0.3 is 5.97 Å². The summed E-state index contributed by atoms with van der Waals surface area (Å²) in [5.41, 5.74) is -0.219. The Balaban J connectivity index is 2.24. The first-order valence-corrected chi connectivity index (χ1v) is 4.72. The Morgan fingerprint density at radius 1 is 1.29 bits per heavy atom. The fourth-order valence-electron chi connectivity index (χ4n) is 1.20. The third-order valence-corrected chi connectivity index (χ3v) is 1.96. The second kappa shape index (κ2) is 4.48. The van der Waals surface area contributed by atoms with Crippen molar-refractivity contribution in [1.82, 2.24) is 10.2 Å².